The molecule has 3 nitrogen and oxygen atoms in total. The fourth-order valence-corrected chi connectivity index (χ4v) is 2.51. The number of nitrogens with zero attached hydrogens (tertiary/aromatic N) is 2. The maximum atomic E-state index is 9.29. The van der Waals surface area contributed by atoms with Crippen molar-refractivity contribution in [1.29, 1.82) is 5.26 Å². The Balaban J connectivity index is 2.11. The Morgan fingerprint density at radius 2 is 1.80 bits per heavy atom. The summed E-state index contributed by atoms with van der Waals surface area (Å²) in [7, 11) is 0. The number of fused-ring (bicyclic) bond motifs is 1. The molecule has 0 aliphatic carbocycles. The average molecular weight is 371 g/mol. The van der Waals surface area contributed by atoms with E-state index < -0.39 is 0 Å². The molecule has 0 aliphatic heterocycles. The number of hydrogen-bond donors (Lipinski definition) is 1. The van der Waals surface area contributed by atoms with E-state index in [-0.39, 0.29) is 0 Å². The summed E-state index contributed by atoms with van der Waals surface area (Å²) in [6.45, 7) is 0. The molecule has 0 fully saturated rings. The summed E-state index contributed by atoms with van der Waals surface area (Å²) in [6, 6.07) is 19.8. The van der Waals surface area contributed by atoms with Crippen molar-refractivity contribution >= 4 is 45.0 Å². The van der Waals surface area contributed by atoms with E-state index in [0.717, 1.165) is 20.2 Å². The van der Waals surface area contributed by atoms with Crippen LogP contribution in [0, 0.1) is 14.9 Å². The van der Waals surface area contributed by atoms with Gasteiger partial charge in [0.15, 0.2) is 0 Å². The lowest BCUT2D eigenvalue weighted by atomic mass is 10.1. The van der Waals surface area contributed by atoms with Gasteiger partial charge in [-0.2, -0.15) is 5.26 Å². The maximum absolute atomic E-state index is 9.29. The zero-order valence-electron chi connectivity index (χ0n) is 10.5. The van der Waals surface area contributed by atoms with Crippen LogP contribution >= 0.6 is 22.6 Å². The highest BCUT2D eigenvalue weighted by atomic mass is 127. The molecule has 0 unspecified atom stereocenters. The lowest BCUT2D eigenvalue weighted by molar-refractivity contribution is 1.34. The minimum atomic E-state index is 0.545. The van der Waals surface area contributed by atoms with Gasteiger partial charge in [0.1, 0.15) is 11.9 Å². The van der Waals surface area contributed by atoms with E-state index in [4.69, 9.17) is 0 Å². The highest BCUT2D eigenvalue weighted by Crippen LogP contribution is 2.25. The molecule has 0 bridgehead atoms. The minimum absolute atomic E-state index is 0.545. The van der Waals surface area contributed by atoms with E-state index in [1.54, 1.807) is 0 Å². The number of benzene rings is 2. The van der Waals surface area contributed by atoms with Crippen molar-refractivity contribution in [2.24, 2.45) is 0 Å². The molecule has 4 heteroatoms. The molecule has 0 saturated carbocycles. The zero-order valence-corrected chi connectivity index (χ0v) is 12.6. The number of halogens is 1. The third kappa shape index (κ3) is 2.45. The van der Waals surface area contributed by atoms with Crippen molar-refractivity contribution in [2.45, 2.75) is 0 Å². The number of rotatable bonds is 2. The molecule has 0 radical (unpaired) electrons. The predicted molar refractivity (Wildman–Crippen MR) is 88.9 cm³/mol. The van der Waals surface area contributed by atoms with Crippen LogP contribution in [-0.2, 0) is 0 Å². The first-order valence-corrected chi connectivity index (χ1v) is 7.17. The fourth-order valence-electron chi connectivity index (χ4n) is 1.99. The highest BCUT2D eigenvalue weighted by molar-refractivity contribution is 14.1. The Morgan fingerprint density at radius 3 is 2.60 bits per heavy atom. The molecule has 0 saturated heterocycles. The van der Waals surface area contributed by atoms with Crippen LogP contribution in [0.25, 0.3) is 10.9 Å². The Morgan fingerprint density at radius 1 is 1.05 bits per heavy atom. The van der Waals surface area contributed by atoms with Gasteiger partial charge in [0.05, 0.1) is 16.8 Å². The number of anilines is 2. The van der Waals surface area contributed by atoms with Crippen LogP contribution in [-0.4, -0.2) is 4.98 Å². The number of hydrogen-bond acceptors (Lipinski definition) is 3. The monoisotopic (exact) mass is 371 g/mol. The molecule has 0 atom stereocenters. The molecule has 0 spiro atoms. The molecule has 20 heavy (non-hydrogen) atoms. The van der Waals surface area contributed by atoms with Gasteiger partial charge in [0.25, 0.3) is 0 Å². The molecule has 0 amide bonds. The average Bonchev–Trinajstić information content (AvgIpc) is 2.49. The van der Waals surface area contributed by atoms with Gasteiger partial charge in [0.2, 0.25) is 0 Å². The van der Waals surface area contributed by atoms with Crippen LogP contribution in [0.3, 0.4) is 0 Å². The molecule has 3 rings (SSSR count). The molecule has 1 N–H and O–H groups in total. The summed E-state index contributed by atoms with van der Waals surface area (Å²) in [6.07, 6.45) is 0. The van der Waals surface area contributed by atoms with Crippen LogP contribution in [0.5, 0.6) is 0 Å². The molecule has 3 aromatic rings. The van der Waals surface area contributed by atoms with Gasteiger partial charge in [-0.25, -0.2) is 4.98 Å². The normalized spacial score (nSPS) is 10.2. The summed E-state index contributed by atoms with van der Waals surface area (Å²) in [4.78, 5) is 4.55. The Labute approximate surface area is 130 Å². The van der Waals surface area contributed by atoms with Gasteiger partial charge in [-0.15, -0.1) is 0 Å². The second-order valence-corrected chi connectivity index (χ2v) is 5.46. The molecule has 96 valence electrons. The Kier molecular flexibility index (Phi) is 3.52. The van der Waals surface area contributed by atoms with Crippen LogP contribution in [0.4, 0.5) is 11.5 Å². The van der Waals surface area contributed by atoms with Crippen LogP contribution in [0.1, 0.15) is 5.56 Å². The molecule has 1 aromatic heterocycles. The van der Waals surface area contributed by atoms with Gasteiger partial charge in [-0.1, -0.05) is 30.3 Å². The first-order chi connectivity index (χ1) is 9.78. The molecular weight excluding hydrogens is 361 g/mol. The lowest BCUT2D eigenvalue weighted by Crippen LogP contribution is -1.99. The van der Waals surface area contributed by atoms with Gasteiger partial charge in [-0.3, -0.25) is 0 Å². The molecule has 0 aliphatic rings. The van der Waals surface area contributed by atoms with Gasteiger partial charge in [-0.05, 0) is 46.9 Å². The maximum Gasteiger partial charge on any atom is 0.149 e. The Hall–Kier alpha value is -2.13. The highest BCUT2D eigenvalue weighted by Gasteiger charge is 2.08. The van der Waals surface area contributed by atoms with E-state index in [9.17, 15) is 5.26 Å². The van der Waals surface area contributed by atoms with Crippen molar-refractivity contribution < 1.29 is 0 Å². The largest absolute Gasteiger partial charge is 0.338 e. The van der Waals surface area contributed by atoms with Crippen molar-refractivity contribution in [3.05, 3.63) is 63.7 Å². The zero-order chi connectivity index (χ0) is 13.9. The standard InChI is InChI=1S/C16H10IN3/c17-13-6-2-4-8-15(13)20-16-12(10-18)9-11-5-1-3-7-14(11)19-16/h1-9H,(H,19,20). The molecule has 2 aromatic carbocycles. The molecular formula is C16H10IN3. The third-order valence-corrected chi connectivity index (χ3v) is 3.91. The summed E-state index contributed by atoms with van der Waals surface area (Å²) in [5, 5.41) is 13.5. The first kappa shape index (κ1) is 12.9. The number of pyridine rings is 1. The van der Waals surface area contributed by atoms with E-state index in [2.05, 4.69) is 39.0 Å². The summed E-state index contributed by atoms with van der Waals surface area (Å²) in [5.74, 6) is 0.593. The number of nitriles is 1. The first-order valence-electron chi connectivity index (χ1n) is 6.09. The van der Waals surface area contributed by atoms with E-state index >= 15 is 0 Å². The van der Waals surface area contributed by atoms with Gasteiger partial charge >= 0.3 is 0 Å². The van der Waals surface area contributed by atoms with Crippen molar-refractivity contribution in [1.82, 2.24) is 4.98 Å². The third-order valence-electron chi connectivity index (χ3n) is 2.97. The summed E-state index contributed by atoms with van der Waals surface area (Å²) >= 11 is 2.26. The number of para-hydroxylation sites is 2. The second kappa shape index (κ2) is 5.47. The quantitative estimate of drug-likeness (QED) is 0.677. The Bertz CT molecular complexity index is 821. The summed E-state index contributed by atoms with van der Waals surface area (Å²) in [5.41, 5.74) is 2.37. The topological polar surface area (TPSA) is 48.7 Å². The lowest BCUT2D eigenvalue weighted by Gasteiger charge is -2.10. The van der Waals surface area contributed by atoms with E-state index in [1.807, 2.05) is 54.6 Å². The predicted octanol–water partition coefficient (Wildman–Crippen LogP) is 4.45. The second-order valence-electron chi connectivity index (χ2n) is 4.29. The van der Waals surface area contributed by atoms with Gasteiger partial charge in [0, 0.05) is 8.96 Å². The van der Waals surface area contributed by atoms with Crippen LogP contribution < -0.4 is 5.32 Å². The number of aromatic nitrogens is 1. The SMILES string of the molecule is N#Cc1cc2ccccc2nc1Nc1ccccc1I. The minimum Gasteiger partial charge on any atom is -0.338 e. The van der Waals surface area contributed by atoms with Crippen LogP contribution in [0.15, 0.2) is 54.6 Å². The fraction of sp³-hybridized carbons (Fsp3) is 0. The van der Waals surface area contributed by atoms with Crippen molar-refractivity contribution in [3.8, 4) is 6.07 Å². The van der Waals surface area contributed by atoms with Crippen molar-refractivity contribution in [2.75, 3.05) is 5.32 Å². The summed E-state index contributed by atoms with van der Waals surface area (Å²) < 4.78 is 1.09. The van der Waals surface area contributed by atoms with E-state index in [1.165, 1.54) is 0 Å². The van der Waals surface area contributed by atoms with Crippen LogP contribution in [0.2, 0.25) is 0 Å². The molecule has 1 heterocycles. The van der Waals surface area contributed by atoms with Gasteiger partial charge < -0.3 is 5.32 Å². The number of nitrogens with one attached hydrogen (secondary N) is 1. The smallest absolute Gasteiger partial charge is 0.149 e. The van der Waals surface area contributed by atoms with Crippen molar-refractivity contribution in [3.63, 3.8) is 0 Å². The van der Waals surface area contributed by atoms with E-state index in [0.29, 0.717) is 11.4 Å².